The van der Waals surface area contributed by atoms with Crippen LogP contribution in [-0.2, 0) is 6.42 Å². The maximum atomic E-state index is 5.63. The van der Waals surface area contributed by atoms with Crippen LogP contribution in [0.2, 0.25) is 0 Å². The average Bonchev–Trinajstić information content (AvgIpc) is 3.32. The van der Waals surface area contributed by atoms with Crippen LogP contribution in [0, 0.1) is 6.92 Å². The summed E-state index contributed by atoms with van der Waals surface area (Å²) in [5.74, 6) is 0.536. The molecule has 2 aromatic carbocycles. The molecule has 0 saturated carbocycles. The van der Waals surface area contributed by atoms with E-state index >= 15 is 0 Å². The molecular weight excluding hydrogens is 442 g/mol. The van der Waals surface area contributed by atoms with Crippen LogP contribution in [0.25, 0.3) is 22.8 Å². The molecule has 5 nitrogen and oxygen atoms in total. The van der Waals surface area contributed by atoms with Gasteiger partial charge in [-0.05, 0) is 61.1 Å². The predicted octanol–water partition coefficient (Wildman–Crippen LogP) is 8.15. The highest BCUT2D eigenvalue weighted by molar-refractivity contribution is 5.93. The van der Waals surface area contributed by atoms with Gasteiger partial charge in [-0.1, -0.05) is 77.1 Å². The maximum absolute atomic E-state index is 5.63. The van der Waals surface area contributed by atoms with Gasteiger partial charge in [0.05, 0.1) is 5.39 Å². The van der Waals surface area contributed by atoms with Gasteiger partial charge in [-0.25, -0.2) is 9.97 Å². The van der Waals surface area contributed by atoms with Crippen LogP contribution in [-0.4, -0.2) is 15.0 Å². The molecule has 1 aliphatic rings. The summed E-state index contributed by atoms with van der Waals surface area (Å²) in [4.78, 5) is 13.3. The van der Waals surface area contributed by atoms with E-state index in [9.17, 15) is 0 Å². The first-order valence-corrected chi connectivity index (χ1v) is 13.0. The minimum atomic E-state index is 0.536. The van der Waals surface area contributed by atoms with E-state index in [4.69, 9.17) is 5.73 Å². The third-order valence-corrected chi connectivity index (χ3v) is 6.14. The molecule has 0 radical (unpaired) electrons. The quantitative estimate of drug-likeness (QED) is 0.308. The normalized spacial score (nSPS) is 13.3. The van der Waals surface area contributed by atoms with Crippen molar-refractivity contribution in [2.24, 2.45) is 0 Å². The Morgan fingerprint density at radius 2 is 1.69 bits per heavy atom. The highest BCUT2D eigenvalue weighted by Gasteiger charge is 2.25. The summed E-state index contributed by atoms with van der Waals surface area (Å²) < 4.78 is 0. The van der Waals surface area contributed by atoms with Crippen LogP contribution in [0.15, 0.2) is 72.8 Å². The summed E-state index contributed by atoms with van der Waals surface area (Å²) in [6.07, 6.45) is 11.2. The number of rotatable bonds is 4. The summed E-state index contributed by atoms with van der Waals surface area (Å²) in [6.45, 7) is 12.7. The number of benzene rings is 2. The van der Waals surface area contributed by atoms with Crippen molar-refractivity contribution in [3.05, 3.63) is 95.1 Å². The number of anilines is 2. The first-order chi connectivity index (χ1) is 17.6. The van der Waals surface area contributed by atoms with E-state index in [1.54, 1.807) is 0 Å². The van der Waals surface area contributed by atoms with Gasteiger partial charge in [0.25, 0.3) is 0 Å². The minimum absolute atomic E-state index is 0.536. The molecule has 5 heteroatoms. The number of nitrogens with one attached hydrogen (secondary N) is 1. The number of para-hydroxylation sites is 1. The molecule has 0 saturated heterocycles. The van der Waals surface area contributed by atoms with Gasteiger partial charge in [0.2, 0.25) is 0 Å². The molecule has 0 aliphatic carbocycles. The Bertz CT molecular complexity index is 1330. The number of nitrogen functional groups attached to an aromatic ring is 1. The average molecular weight is 482 g/mol. The van der Waals surface area contributed by atoms with E-state index in [0.717, 1.165) is 35.9 Å². The second-order valence-corrected chi connectivity index (χ2v) is 8.35. The highest BCUT2D eigenvalue weighted by atomic mass is 15.2. The monoisotopic (exact) mass is 481 g/mol. The van der Waals surface area contributed by atoms with Gasteiger partial charge in [-0.15, -0.1) is 0 Å². The smallest absolute Gasteiger partial charge is 0.143 e. The predicted molar refractivity (Wildman–Crippen MR) is 156 cm³/mol. The molecule has 0 unspecified atom stereocenters. The molecule has 3 heterocycles. The van der Waals surface area contributed by atoms with Crippen molar-refractivity contribution in [3.8, 4) is 0 Å². The number of aromatic nitrogens is 3. The first kappa shape index (κ1) is 26.7. The molecule has 36 heavy (non-hydrogen) atoms. The second kappa shape index (κ2) is 12.7. The number of nitrogens with zero attached hydrogens (tertiary/aromatic N) is 3. The van der Waals surface area contributed by atoms with E-state index in [2.05, 4.69) is 101 Å². The van der Waals surface area contributed by atoms with E-state index < -0.39 is 0 Å². The molecule has 188 valence electrons. The largest absolute Gasteiger partial charge is 0.383 e. The molecule has 3 N–H and O–H groups in total. The summed E-state index contributed by atoms with van der Waals surface area (Å²) in [5.41, 5.74) is 15.6. The SMILES string of the molecule is CC.CC/C=C1\c2c(cccc2CC)C=C(CC)N1c1ccccc1.Cc1c[nH]c2ncnc(N)c12. The lowest BCUT2D eigenvalue weighted by Gasteiger charge is -2.35. The van der Waals surface area contributed by atoms with Crippen molar-refractivity contribution < 1.29 is 0 Å². The van der Waals surface area contributed by atoms with Gasteiger partial charge in [0.15, 0.2) is 0 Å². The van der Waals surface area contributed by atoms with Crippen LogP contribution in [0.1, 0.15) is 69.7 Å². The Labute approximate surface area is 215 Å². The third-order valence-electron chi connectivity index (χ3n) is 6.14. The van der Waals surface area contributed by atoms with Gasteiger partial charge in [0, 0.05) is 28.8 Å². The Kier molecular flexibility index (Phi) is 9.46. The van der Waals surface area contributed by atoms with Crippen molar-refractivity contribution in [1.82, 2.24) is 15.0 Å². The first-order valence-electron chi connectivity index (χ1n) is 13.0. The number of nitrogens with two attached hydrogens (primary N) is 1. The standard InChI is InChI=1S/C22H25N.C7H8N4.C2H6/c1-4-11-21-22-17(5-2)12-10-13-18(22)16-19(6-3)23(21)20-14-8-7-9-15-20;1-4-2-9-7-5(4)6(8)10-3-11-7;1-2/h7-16H,4-6H2,1-3H3;2-3H,1H3,(H3,8,9,10,11);1-2H3/b21-11+;;. The van der Waals surface area contributed by atoms with Crippen LogP contribution in [0.4, 0.5) is 11.5 Å². The highest BCUT2D eigenvalue weighted by Crippen LogP contribution is 2.40. The Hall–Kier alpha value is -3.86. The van der Waals surface area contributed by atoms with Crippen molar-refractivity contribution >= 4 is 34.3 Å². The molecule has 0 bridgehead atoms. The van der Waals surface area contributed by atoms with Crippen LogP contribution in [0.5, 0.6) is 0 Å². The maximum Gasteiger partial charge on any atom is 0.143 e. The van der Waals surface area contributed by atoms with Crippen LogP contribution in [0.3, 0.4) is 0 Å². The summed E-state index contributed by atoms with van der Waals surface area (Å²) in [7, 11) is 0. The lowest BCUT2D eigenvalue weighted by molar-refractivity contribution is 1.00. The van der Waals surface area contributed by atoms with Gasteiger partial charge >= 0.3 is 0 Å². The molecule has 1 aliphatic heterocycles. The number of H-pyrrole nitrogens is 1. The Morgan fingerprint density at radius 3 is 2.33 bits per heavy atom. The van der Waals surface area contributed by atoms with Crippen molar-refractivity contribution in [1.29, 1.82) is 0 Å². The topological polar surface area (TPSA) is 70.8 Å². The summed E-state index contributed by atoms with van der Waals surface area (Å²) in [5, 5.41) is 0.924. The number of hydrogen-bond donors (Lipinski definition) is 2. The zero-order valence-corrected chi connectivity index (χ0v) is 22.5. The molecule has 0 fully saturated rings. The van der Waals surface area contributed by atoms with E-state index in [1.165, 1.54) is 40.1 Å². The number of aromatic amines is 1. The zero-order valence-electron chi connectivity index (χ0n) is 22.5. The summed E-state index contributed by atoms with van der Waals surface area (Å²) >= 11 is 0. The Balaban J connectivity index is 0.000000231. The van der Waals surface area contributed by atoms with Crippen molar-refractivity contribution in [3.63, 3.8) is 0 Å². The van der Waals surface area contributed by atoms with Gasteiger partial charge in [0.1, 0.15) is 17.8 Å². The minimum Gasteiger partial charge on any atom is -0.383 e. The van der Waals surface area contributed by atoms with Crippen LogP contribution < -0.4 is 10.6 Å². The Morgan fingerprint density at radius 1 is 0.944 bits per heavy atom. The molecule has 2 aromatic heterocycles. The number of fused-ring (bicyclic) bond motifs is 2. The number of aryl methyl sites for hydroxylation is 2. The van der Waals surface area contributed by atoms with Crippen molar-refractivity contribution in [2.45, 2.75) is 60.8 Å². The third kappa shape index (κ3) is 5.51. The summed E-state index contributed by atoms with van der Waals surface area (Å²) in [6, 6.07) is 17.4. The molecule has 4 aromatic rings. The molecule has 5 rings (SSSR count). The fourth-order valence-corrected chi connectivity index (χ4v) is 4.53. The van der Waals surface area contributed by atoms with E-state index in [1.807, 2.05) is 27.0 Å². The lowest BCUT2D eigenvalue weighted by Crippen LogP contribution is -2.25. The fraction of sp³-hybridized carbons (Fsp3) is 0.290. The van der Waals surface area contributed by atoms with Gasteiger partial charge in [-0.2, -0.15) is 0 Å². The fourth-order valence-electron chi connectivity index (χ4n) is 4.53. The zero-order chi connectivity index (χ0) is 26.1. The van der Waals surface area contributed by atoms with Gasteiger partial charge < -0.3 is 15.6 Å². The lowest BCUT2D eigenvalue weighted by atomic mass is 9.90. The number of hydrogen-bond acceptors (Lipinski definition) is 4. The molecule has 0 amide bonds. The molecule has 0 atom stereocenters. The van der Waals surface area contributed by atoms with Crippen molar-refractivity contribution in [2.75, 3.05) is 10.6 Å². The molecule has 0 spiro atoms. The molecular formula is C31H39N5. The van der Waals surface area contributed by atoms with E-state index in [0.29, 0.717) is 5.82 Å². The number of allylic oxidation sites excluding steroid dienone is 2. The van der Waals surface area contributed by atoms with E-state index in [-0.39, 0.29) is 0 Å². The van der Waals surface area contributed by atoms with Gasteiger partial charge in [-0.3, -0.25) is 0 Å². The van der Waals surface area contributed by atoms with Crippen LogP contribution >= 0.6 is 0 Å². The second-order valence-electron chi connectivity index (χ2n) is 8.35.